The zero-order valence-electron chi connectivity index (χ0n) is 8.71. The Kier molecular flexibility index (Phi) is 5.58. The third-order valence-corrected chi connectivity index (χ3v) is 2.65. The number of hydrogen-bond donors (Lipinski definition) is 0. The normalized spacial score (nSPS) is 19.4. The van der Waals surface area contributed by atoms with Gasteiger partial charge in [0.25, 0.3) is 0 Å². The van der Waals surface area contributed by atoms with E-state index in [2.05, 4.69) is 15.7 Å². The molecule has 0 radical (unpaired) electrons. The zero-order valence-corrected chi connectivity index (χ0v) is 8.71. The third kappa shape index (κ3) is 4.08. The maximum Gasteiger partial charge on any atom is 0.0906 e. The Morgan fingerprint density at radius 3 is 2.14 bits per heavy atom. The van der Waals surface area contributed by atoms with E-state index in [0.29, 0.717) is 6.42 Å². The number of halogens is 1. The summed E-state index contributed by atoms with van der Waals surface area (Å²) in [5, 5.41) is 0. The number of hydrogen-bond acceptors (Lipinski definition) is 2. The topological polar surface area (TPSA) is 6.48 Å². The molecule has 0 atom stereocenters. The molecule has 1 fully saturated rings. The Morgan fingerprint density at radius 2 is 1.64 bits per heavy atom. The summed E-state index contributed by atoms with van der Waals surface area (Å²) in [5.41, 5.74) is 0. The van der Waals surface area contributed by atoms with E-state index >= 15 is 0 Å². The van der Waals surface area contributed by atoms with Crippen LogP contribution in [0.4, 0.5) is 4.39 Å². The predicted octanol–water partition coefficient (Wildman–Crippen LogP) is 0.987. The summed E-state index contributed by atoms with van der Waals surface area (Å²) < 4.78 is 11.9. The van der Waals surface area contributed by atoms with Crippen LogP contribution in [0.3, 0.4) is 0 Å². The second kappa shape index (κ2) is 6.80. The van der Waals surface area contributed by atoms with Crippen molar-refractivity contribution in [2.45, 2.75) is 12.8 Å². The van der Waals surface area contributed by atoms with Gasteiger partial charge in [-0.2, -0.15) is 0 Å². The number of piperazine rings is 1. The number of rotatable bonds is 5. The Bertz CT molecular complexity index is 180. The number of terminal acetylenes is 1. The number of alkyl halides is 1. The lowest BCUT2D eigenvalue weighted by molar-refractivity contribution is 0.131. The second-order valence-corrected chi connectivity index (χ2v) is 3.68. The summed E-state index contributed by atoms with van der Waals surface area (Å²) in [7, 11) is 0. The summed E-state index contributed by atoms with van der Waals surface area (Å²) in [4.78, 5) is 4.71. The van der Waals surface area contributed by atoms with Gasteiger partial charge in [0.05, 0.1) is 6.67 Å². The van der Waals surface area contributed by atoms with Crippen molar-refractivity contribution < 1.29 is 4.39 Å². The van der Waals surface area contributed by atoms with Crippen molar-refractivity contribution in [2.75, 3.05) is 45.9 Å². The summed E-state index contributed by atoms with van der Waals surface area (Å²) >= 11 is 0. The van der Waals surface area contributed by atoms with E-state index in [1.54, 1.807) is 0 Å². The molecule has 0 N–H and O–H groups in total. The molecule has 0 aromatic rings. The summed E-state index contributed by atoms with van der Waals surface area (Å²) in [6.07, 6.45) is 6.72. The Balaban J connectivity index is 2.09. The van der Waals surface area contributed by atoms with Gasteiger partial charge in [-0.3, -0.25) is 9.29 Å². The van der Waals surface area contributed by atoms with Crippen molar-refractivity contribution in [3.63, 3.8) is 0 Å². The Labute approximate surface area is 86.1 Å². The Hall–Kier alpha value is -0.590. The SMILES string of the molecule is C#CCCN1CCN(CCC[18F])CC1. The molecule has 0 bridgehead atoms. The molecule has 1 aliphatic heterocycles. The first-order chi connectivity index (χ1) is 6.86. The lowest BCUT2D eigenvalue weighted by atomic mass is 10.3. The van der Waals surface area contributed by atoms with Gasteiger partial charge in [-0.15, -0.1) is 12.3 Å². The van der Waals surface area contributed by atoms with Crippen LogP contribution in [-0.2, 0) is 0 Å². The first kappa shape index (κ1) is 11.5. The standard InChI is InChI=1S/C11H19FN2/c1-2-3-6-13-8-10-14(11-9-13)7-4-5-12/h1H,3-11H2/i12-1. The average molecular weight is 197 g/mol. The van der Waals surface area contributed by atoms with E-state index < -0.39 is 0 Å². The molecule has 3 heteroatoms. The molecular formula is C11H19FN2. The van der Waals surface area contributed by atoms with Gasteiger partial charge in [-0.25, -0.2) is 0 Å². The van der Waals surface area contributed by atoms with E-state index in [0.717, 1.165) is 45.7 Å². The lowest BCUT2D eigenvalue weighted by Crippen LogP contribution is -2.46. The van der Waals surface area contributed by atoms with Crippen molar-refractivity contribution in [3.8, 4) is 12.3 Å². The predicted molar refractivity (Wildman–Crippen MR) is 56.9 cm³/mol. The number of nitrogens with zero attached hydrogens (tertiary/aromatic N) is 2. The van der Waals surface area contributed by atoms with Crippen molar-refractivity contribution in [1.82, 2.24) is 9.80 Å². The highest BCUT2D eigenvalue weighted by Gasteiger charge is 2.15. The van der Waals surface area contributed by atoms with Crippen LogP contribution in [-0.4, -0.2) is 55.7 Å². The van der Waals surface area contributed by atoms with Crippen molar-refractivity contribution in [2.24, 2.45) is 0 Å². The van der Waals surface area contributed by atoms with Crippen molar-refractivity contribution >= 4 is 0 Å². The molecule has 80 valence electrons. The molecule has 1 saturated heterocycles. The molecule has 14 heavy (non-hydrogen) atoms. The largest absolute Gasteiger partial charge is 0.301 e. The van der Waals surface area contributed by atoms with Crippen LogP contribution >= 0.6 is 0 Å². The highest BCUT2D eigenvalue weighted by atomic mass is 18.2. The molecular weight excluding hydrogens is 178 g/mol. The summed E-state index contributed by atoms with van der Waals surface area (Å²) in [5.74, 6) is 2.66. The molecule has 0 spiro atoms. The highest BCUT2D eigenvalue weighted by Crippen LogP contribution is 2.02. The fourth-order valence-corrected chi connectivity index (χ4v) is 1.74. The van der Waals surface area contributed by atoms with Crippen molar-refractivity contribution in [1.29, 1.82) is 0 Å². The summed E-state index contributed by atoms with van der Waals surface area (Å²) in [6.45, 7) is 5.99. The quantitative estimate of drug-likeness (QED) is 0.606. The van der Waals surface area contributed by atoms with Crippen LogP contribution in [0.15, 0.2) is 0 Å². The fourth-order valence-electron chi connectivity index (χ4n) is 1.74. The van der Waals surface area contributed by atoms with E-state index in [1.165, 1.54) is 0 Å². The third-order valence-electron chi connectivity index (χ3n) is 2.65. The van der Waals surface area contributed by atoms with Crippen molar-refractivity contribution in [3.05, 3.63) is 0 Å². The smallest absolute Gasteiger partial charge is 0.0906 e. The highest BCUT2D eigenvalue weighted by molar-refractivity contribution is 4.85. The van der Waals surface area contributed by atoms with Crippen LogP contribution in [0.25, 0.3) is 0 Å². The molecule has 1 aliphatic rings. The van der Waals surface area contributed by atoms with E-state index in [9.17, 15) is 4.39 Å². The maximum atomic E-state index is 11.9. The van der Waals surface area contributed by atoms with Crippen LogP contribution in [0.5, 0.6) is 0 Å². The van der Waals surface area contributed by atoms with Gasteiger partial charge in [0.1, 0.15) is 0 Å². The second-order valence-electron chi connectivity index (χ2n) is 3.68. The molecule has 2 nitrogen and oxygen atoms in total. The average Bonchev–Trinajstić information content (AvgIpc) is 2.25. The molecule has 0 amide bonds. The van der Waals surface area contributed by atoms with Crippen LogP contribution in [0, 0.1) is 12.3 Å². The first-order valence-electron chi connectivity index (χ1n) is 5.31. The van der Waals surface area contributed by atoms with Gasteiger partial charge in [0.2, 0.25) is 0 Å². The molecule has 0 aliphatic carbocycles. The monoisotopic (exact) mass is 197 g/mol. The minimum absolute atomic E-state index is 0.197. The van der Waals surface area contributed by atoms with Crippen LogP contribution in [0.2, 0.25) is 0 Å². The molecule has 0 aromatic carbocycles. The fraction of sp³-hybridized carbons (Fsp3) is 0.818. The molecule has 1 heterocycles. The van der Waals surface area contributed by atoms with Gasteiger partial charge >= 0.3 is 0 Å². The first-order valence-corrected chi connectivity index (χ1v) is 5.31. The minimum atomic E-state index is -0.197. The lowest BCUT2D eigenvalue weighted by Gasteiger charge is -2.34. The van der Waals surface area contributed by atoms with E-state index in [4.69, 9.17) is 6.42 Å². The van der Waals surface area contributed by atoms with Gasteiger partial charge in [0.15, 0.2) is 0 Å². The zero-order chi connectivity index (χ0) is 10.2. The summed E-state index contributed by atoms with van der Waals surface area (Å²) in [6, 6.07) is 0. The van der Waals surface area contributed by atoms with E-state index in [1.807, 2.05) is 0 Å². The van der Waals surface area contributed by atoms with Gasteiger partial charge in [0, 0.05) is 45.7 Å². The van der Waals surface area contributed by atoms with Gasteiger partial charge in [-0.05, 0) is 6.42 Å². The molecule has 0 unspecified atom stereocenters. The van der Waals surface area contributed by atoms with Gasteiger partial charge < -0.3 is 4.90 Å². The molecule has 0 saturated carbocycles. The van der Waals surface area contributed by atoms with Crippen LogP contribution < -0.4 is 0 Å². The van der Waals surface area contributed by atoms with E-state index in [-0.39, 0.29) is 6.67 Å². The minimum Gasteiger partial charge on any atom is -0.301 e. The van der Waals surface area contributed by atoms with Crippen LogP contribution in [0.1, 0.15) is 12.8 Å². The molecule has 1 rings (SSSR count). The van der Waals surface area contributed by atoms with Gasteiger partial charge in [-0.1, -0.05) is 0 Å². The Morgan fingerprint density at radius 1 is 1.07 bits per heavy atom. The molecule has 0 aromatic heterocycles. The maximum absolute atomic E-state index is 11.9.